The number of hydrogen-bond acceptors (Lipinski definition) is 3. The lowest BCUT2D eigenvalue weighted by molar-refractivity contribution is 0.768. The van der Waals surface area contributed by atoms with Crippen LogP contribution in [0.5, 0.6) is 0 Å². The molecule has 15 heavy (non-hydrogen) atoms. The lowest BCUT2D eigenvalue weighted by Crippen LogP contribution is -2.25. The molecular formula is C11H15ClN2S. The second-order valence-electron chi connectivity index (χ2n) is 3.82. The van der Waals surface area contributed by atoms with Crippen LogP contribution in [0.3, 0.4) is 0 Å². The molecule has 1 saturated carbocycles. The SMILES string of the molecule is CSC1CCCC1Nc1ccnc(Cl)c1. The average molecular weight is 243 g/mol. The van der Waals surface area contributed by atoms with Crippen molar-refractivity contribution in [1.82, 2.24) is 4.98 Å². The van der Waals surface area contributed by atoms with Gasteiger partial charge >= 0.3 is 0 Å². The van der Waals surface area contributed by atoms with Crippen LogP contribution >= 0.6 is 23.4 Å². The summed E-state index contributed by atoms with van der Waals surface area (Å²) in [5, 5.41) is 4.83. The van der Waals surface area contributed by atoms with Crippen molar-refractivity contribution in [1.29, 1.82) is 0 Å². The third-order valence-corrected chi connectivity index (χ3v) is 4.21. The van der Waals surface area contributed by atoms with Gasteiger partial charge in [-0.3, -0.25) is 0 Å². The standard InChI is InChI=1S/C11H15ClN2S/c1-15-10-4-2-3-9(10)14-8-5-6-13-11(12)7-8/h5-7,9-10H,2-4H2,1H3,(H,13,14). The number of hydrogen-bond donors (Lipinski definition) is 1. The Morgan fingerprint density at radius 3 is 3.13 bits per heavy atom. The molecule has 2 atom stereocenters. The van der Waals surface area contributed by atoms with Crippen molar-refractivity contribution >= 4 is 29.1 Å². The summed E-state index contributed by atoms with van der Waals surface area (Å²) in [6, 6.07) is 4.44. The molecule has 0 spiro atoms. The van der Waals surface area contributed by atoms with E-state index < -0.39 is 0 Å². The smallest absolute Gasteiger partial charge is 0.131 e. The van der Waals surface area contributed by atoms with Crippen LogP contribution in [0.1, 0.15) is 19.3 Å². The summed E-state index contributed by atoms with van der Waals surface area (Å²) >= 11 is 7.80. The number of nitrogens with one attached hydrogen (secondary N) is 1. The van der Waals surface area contributed by atoms with Gasteiger partial charge in [0.25, 0.3) is 0 Å². The second-order valence-corrected chi connectivity index (χ2v) is 5.29. The molecule has 1 fully saturated rings. The first-order valence-corrected chi connectivity index (χ1v) is 6.87. The van der Waals surface area contributed by atoms with Crippen molar-refractivity contribution in [3.05, 3.63) is 23.5 Å². The Hall–Kier alpha value is -0.410. The number of rotatable bonds is 3. The molecule has 1 aromatic heterocycles. The molecule has 0 saturated heterocycles. The molecule has 0 radical (unpaired) electrons. The summed E-state index contributed by atoms with van der Waals surface area (Å²) in [7, 11) is 0. The molecule has 0 aromatic carbocycles. The first-order chi connectivity index (χ1) is 7.29. The lowest BCUT2D eigenvalue weighted by atomic mass is 10.2. The van der Waals surface area contributed by atoms with E-state index in [9.17, 15) is 0 Å². The largest absolute Gasteiger partial charge is 0.381 e. The maximum Gasteiger partial charge on any atom is 0.131 e. The average Bonchev–Trinajstić information content (AvgIpc) is 2.65. The number of aromatic nitrogens is 1. The topological polar surface area (TPSA) is 24.9 Å². The van der Waals surface area contributed by atoms with Crippen LogP contribution < -0.4 is 5.32 Å². The minimum atomic E-state index is 0.554. The fourth-order valence-corrected chi connectivity index (χ4v) is 3.19. The molecule has 1 N–H and O–H groups in total. The Morgan fingerprint density at radius 1 is 1.53 bits per heavy atom. The van der Waals surface area contributed by atoms with E-state index >= 15 is 0 Å². The molecule has 1 heterocycles. The number of anilines is 1. The Kier molecular flexibility index (Phi) is 3.76. The molecule has 1 aromatic rings. The quantitative estimate of drug-likeness (QED) is 0.823. The molecule has 0 aliphatic heterocycles. The maximum absolute atomic E-state index is 5.84. The Balaban J connectivity index is 2.02. The van der Waals surface area contributed by atoms with Gasteiger partial charge in [0.2, 0.25) is 0 Å². The Morgan fingerprint density at radius 2 is 2.40 bits per heavy atom. The van der Waals surface area contributed by atoms with Gasteiger partial charge in [-0.05, 0) is 31.2 Å². The predicted molar refractivity (Wildman–Crippen MR) is 67.8 cm³/mol. The molecule has 1 aliphatic carbocycles. The number of halogens is 1. The molecule has 2 rings (SSSR count). The highest BCUT2D eigenvalue weighted by Crippen LogP contribution is 2.30. The highest BCUT2D eigenvalue weighted by atomic mass is 35.5. The van der Waals surface area contributed by atoms with E-state index in [-0.39, 0.29) is 0 Å². The van der Waals surface area contributed by atoms with Gasteiger partial charge in [-0.15, -0.1) is 0 Å². The maximum atomic E-state index is 5.84. The van der Waals surface area contributed by atoms with Crippen LogP contribution in [0.2, 0.25) is 5.15 Å². The monoisotopic (exact) mass is 242 g/mol. The first kappa shape index (κ1) is 11.1. The number of pyridine rings is 1. The molecule has 82 valence electrons. The number of thioether (sulfide) groups is 1. The van der Waals surface area contributed by atoms with E-state index in [2.05, 4.69) is 16.6 Å². The van der Waals surface area contributed by atoms with Gasteiger partial charge in [-0.1, -0.05) is 18.0 Å². The predicted octanol–water partition coefficient (Wildman–Crippen LogP) is 3.43. The van der Waals surface area contributed by atoms with E-state index in [1.165, 1.54) is 19.3 Å². The van der Waals surface area contributed by atoms with Crippen LogP contribution in [0, 0.1) is 0 Å². The minimum Gasteiger partial charge on any atom is -0.381 e. The van der Waals surface area contributed by atoms with Crippen molar-refractivity contribution in [2.24, 2.45) is 0 Å². The summed E-state index contributed by atoms with van der Waals surface area (Å²) in [6.07, 6.45) is 7.82. The highest BCUT2D eigenvalue weighted by molar-refractivity contribution is 7.99. The third-order valence-electron chi connectivity index (χ3n) is 2.83. The Bertz CT molecular complexity index is 332. The fourth-order valence-electron chi connectivity index (χ4n) is 2.08. The van der Waals surface area contributed by atoms with Crippen LogP contribution in [-0.4, -0.2) is 22.5 Å². The van der Waals surface area contributed by atoms with Gasteiger partial charge in [0.05, 0.1) is 0 Å². The molecule has 2 unspecified atom stereocenters. The van der Waals surface area contributed by atoms with Gasteiger partial charge in [0, 0.05) is 23.2 Å². The minimum absolute atomic E-state index is 0.554. The lowest BCUT2D eigenvalue weighted by Gasteiger charge is -2.20. The fraction of sp³-hybridized carbons (Fsp3) is 0.545. The summed E-state index contributed by atoms with van der Waals surface area (Å²) in [4.78, 5) is 3.97. The van der Waals surface area contributed by atoms with Crippen molar-refractivity contribution in [2.45, 2.75) is 30.6 Å². The van der Waals surface area contributed by atoms with Gasteiger partial charge in [0.15, 0.2) is 0 Å². The molecular weight excluding hydrogens is 228 g/mol. The van der Waals surface area contributed by atoms with Gasteiger partial charge < -0.3 is 5.32 Å². The summed E-state index contributed by atoms with van der Waals surface area (Å²) < 4.78 is 0. The molecule has 4 heteroatoms. The van der Waals surface area contributed by atoms with Crippen LogP contribution in [0.25, 0.3) is 0 Å². The van der Waals surface area contributed by atoms with E-state index in [1.54, 1.807) is 6.20 Å². The second kappa shape index (κ2) is 5.08. The van der Waals surface area contributed by atoms with Crippen LogP contribution in [-0.2, 0) is 0 Å². The van der Waals surface area contributed by atoms with E-state index in [4.69, 9.17) is 11.6 Å². The van der Waals surface area contributed by atoms with E-state index in [0.717, 1.165) is 10.9 Å². The summed E-state index contributed by atoms with van der Waals surface area (Å²) in [5.41, 5.74) is 1.08. The van der Waals surface area contributed by atoms with Crippen molar-refractivity contribution in [2.75, 3.05) is 11.6 Å². The van der Waals surface area contributed by atoms with Crippen molar-refractivity contribution in [3.63, 3.8) is 0 Å². The Labute approximate surface area is 99.8 Å². The van der Waals surface area contributed by atoms with Gasteiger partial charge in [0.1, 0.15) is 5.15 Å². The number of nitrogens with zero attached hydrogens (tertiary/aromatic N) is 1. The zero-order valence-corrected chi connectivity index (χ0v) is 10.3. The first-order valence-electron chi connectivity index (χ1n) is 5.20. The van der Waals surface area contributed by atoms with Crippen molar-refractivity contribution < 1.29 is 0 Å². The zero-order valence-electron chi connectivity index (χ0n) is 8.74. The normalized spacial score (nSPS) is 25.5. The third kappa shape index (κ3) is 2.79. The van der Waals surface area contributed by atoms with Crippen LogP contribution in [0.4, 0.5) is 5.69 Å². The molecule has 0 amide bonds. The van der Waals surface area contributed by atoms with E-state index in [0.29, 0.717) is 11.2 Å². The highest BCUT2D eigenvalue weighted by Gasteiger charge is 2.26. The van der Waals surface area contributed by atoms with Gasteiger partial charge in [-0.25, -0.2) is 4.98 Å². The zero-order chi connectivity index (χ0) is 10.7. The van der Waals surface area contributed by atoms with E-state index in [1.807, 2.05) is 23.9 Å². The summed E-state index contributed by atoms with van der Waals surface area (Å²) in [6.45, 7) is 0. The van der Waals surface area contributed by atoms with Crippen molar-refractivity contribution in [3.8, 4) is 0 Å². The molecule has 0 bridgehead atoms. The molecule has 2 nitrogen and oxygen atoms in total. The molecule has 1 aliphatic rings. The summed E-state index contributed by atoms with van der Waals surface area (Å²) in [5.74, 6) is 0. The van der Waals surface area contributed by atoms with Crippen LogP contribution in [0.15, 0.2) is 18.3 Å². The van der Waals surface area contributed by atoms with Gasteiger partial charge in [-0.2, -0.15) is 11.8 Å².